The van der Waals surface area contributed by atoms with E-state index in [1.54, 1.807) is 18.4 Å². The van der Waals surface area contributed by atoms with Crippen molar-refractivity contribution in [2.75, 3.05) is 44.2 Å². The van der Waals surface area contributed by atoms with Crippen molar-refractivity contribution in [3.8, 4) is 5.75 Å². The molecule has 2 aromatic rings. The SMILES string of the molecule is O=C(C1CCCN(Cc2ccco2)C1)N1CCN(c2cccc(O)c2)CC1. The fourth-order valence-electron chi connectivity index (χ4n) is 4.16. The van der Waals surface area contributed by atoms with Crippen LogP contribution in [0, 0.1) is 5.92 Å². The van der Waals surface area contributed by atoms with Gasteiger partial charge in [-0.05, 0) is 43.7 Å². The van der Waals surface area contributed by atoms with Gasteiger partial charge in [0.25, 0.3) is 0 Å². The molecule has 0 radical (unpaired) electrons. The average molecular weight is 369 g/mol. The van der Waals surface area contributed by atoms with Gasteiger partial charge in [0.1, 0.15) is 11.5 Å². The molecular weight excluding hydrogens is 342 g/mol. The number of rotatable bonds is 4. The molecule has 0 saturated carbocycles. The van der Waals surface area contributed by atoms with E-state index in [0.717, 1.165) is 70.1 Å². The van der Waals surface area contributed by atoms with Crippen LogP contribution in [0.1, 0.15) is 18.6 Å². The third-order valence-corrected chi connectivity index (χ3v) is 5.60. The van der Waals surface area contributed by atoms with Crippen molar-refractivity contribution < 1.29 is 14.3 Å². The minimum atomic E-state index is 0.0843. The van der Waals surface area contributed by atoms with E-state index < -0.39 is 0 Å². The lowest BCUT2D eigenvalue weighted by Crippen LogP contribution is -2.52. The molecule has 1 N–H and O–H groups in total. The van der Waals surface area contributed by atoms with Gasteiger partial charge in [0, 0.05) is 44.5 Å². The maximum Gasteiger partial charge on any atom is 0.227 e. The molecule has 1 aromatic carbocycles. The molecule has 1 aromatic heterocycles. The van der Waals surface area contributed by atoms with Crippen LogP contribution >= 0.6 is 0 Å². The number of aromatic hydroxyl groups is 1. The van der Waals surface area contributed by atoms with Crippen molar-refractivity contribution in [1.29, 1.82) is 0 Å². The first-order valence-electron chi connectivity index (χ1n) is 9.76. The van der Waals surface area contributed by atoms with E-state index in [1.807, 2.05) is 29.2 Å². The topological polar surface area (TPSA) is 60.2 Å². The third-order valence-electron chi connectivity index (χ3n) is 5.60. The highest BCUT2D eigenvalue weighted by atomic mass is 16.3. The van der Waals surface area contributed by atoms with Crippen molar-refractivity contribution in [2.45, 2.75) is 19.4 Å². The maximum atomic E-state index is 13.0. The molecule has 1 atom stereocenters. The number of nitrogens with zero attached hydrogens (tertiary/aromatic N) is 3. The minimum Gasteiger partial charge on any atom is -0.508 e. The Balaban J connectivity index is 1.31. The first kappa shape index (κ1) is 17.9. The highest BCUT2D eigenvalue weighted by Crippen LogP contribution is 2.24. The van der Waals surface area contributed by atoms with Crippen LogP contribution < -0.4 is 4.90 Å². The van der Waals surface area contributed by atoms with Gasteiger partial charge in [-0.2, -0.15) is 0 Å². The average Bonchev–Trinajstić information content (AvgIpc) is 3.21. The molecule has 4 rings (SSSR count). The molecule has 0 spiro atoms. The third kappa shape index (κ3) is 4.27. The number of piperidine rings is 1. The van der Waals surface area contributed by atoms with E-state index in [4.69, 9.17) is 4.42 Å². The van der Waals surface area contributed by atoms with Gasteiger partial charge >= 0.3 is 0 Å². The second kappa shape index (κ2) is 8.05. The summed E-state index contributed by atoms with van der Waals surface area (Å²) in [5.41, 5.74) is 1.02. The predicted molar refractivity (Wildman–Crippen MR) is 104 cm³/mol. The second-order valence-electron chi connectivity index (χ2n) is 7.49. The summed E-state index contributed by atoms with van der Waals surface area (Å²) in [5, 5.41) is 9.67. The van der Waals surface area contributed by atoms with Crippen molar-refractivity contribution in [1.82, 2.24) is 9.80 Å². The van der Waals surface area contributed by atoms with Gasteiger partial charge in [-0.25, -0.2) is 0 Å². The van der Waals surface area contributed by atoms with Gasteiger partial charge in [-0.15, -0.1) is 0 Å². The van der Waals surface area contributed by atoms with E-state index in [2.05, 4.69) is 9.80 Å². The summed E-state index contributed by atoms with van der Waals surface area (Å²) in [4.78, 5) is 19.6. The molecular formula is C21H27N3O3. The first-order valence-corrected chi connectivity index (χ1v) is 9.76. The first-order chi connectivity index (χ1) is 13.2. The van der Waals surface area contributed by atoms with Crippen molar-refractivity contribution in [2.24, 2.45) is 5.92 Å². The normalized spacial score (nSPS) is 21.4. The smallest absolute Gasteiger partial charge is 0.227 e. The lowest BCUT2D eigenvalue weighted by atomic mass is 9.96. The van der Waals surface area contributed by atoms with Crippen LogP contribution in [-0.4, -0.2) is 60.1 Å². The quantitative estimate of drug-likeness (QED) is 0.898. The number of piperazine rings is 1. The van der Waals surface area contributed by atoms with Crippen LogP contribution in [0.25, 0.3) is 0 Å². The zero-order valence-electron chi connectivity index (χ0n) is 15.6. The summed E-state index contributed by atoms with van der Waals surface area (Å²) in [6, 6.07) is 11.2. The Labute approximate surface area is 160 Å². The van der Waals surface area contributed by atoms with Crippen molar-refractivity contribution in [3.63, 3.8) is 0 Å². The van der Waals surface area contributed by atoms with Gasteiger partial charge < -0.3 is 19.3 Å². The summed E-state index contributed by atoms with van der Waals surface area (Å²) >= 11 is 0. The molecule has 2 aliphatic rings. The Hall–Kier alpha value is -2.47. The summed E-state index contributed by atoms with van der Waals surface area (Å²) in [7, 11) is 0. The van der Waals surface area contributed by atoms with E-state index in [1.165, 1.54) is 0 Å². The Kier molecular flexibility index (Phi) is 5.34. The monoisotopic (exact) mass is 369 g/mol. The van der Waals surface area contributed by atoms with Gasteiger partial charge in [-0.1, -0.05) is 6.07 Å². The van der Waals surface area contributed by atoms with Crippen molar-refractivity contribution >= 4 is 11.6 Å². The second-order valence-corrected chi connectivity index (χ2v) is 7.49. The molecule has 2 fully saturated rings. The van der Waals surface area contributed by atoms with Gasteiger partial charge in [-0.3, -0.25) is 9.69 Å². The van der Waals surface area contributed by atoms with Crippen LogP contribution in [0.5, 0.6) is 5.75 Å². The van der Waals surface area contributed by atoms with Gasteiger partial charge in [0.05, 0.1) is 18.7 Å². The number of phenolic OH excluding ortho intramolecular Hbond substituents is 1. The fourth-order valence-corrected chi connectivity index (χ4v) is 4.16. The molecule has 2 aliphatic heterocycles. The Morgan fingerprint density at radius 1 is 1.11 bits per heavy atom. The zero-order chi connectivity index (χ0) is 18.6. The number of likely N-dealkylation sites (tertiary alicyclic amines) is 1. The maximum absolute atomic E-state index is 13.0. The largest absolute Gasteiger partial charge is 0.508 e. The molecule has 144 valence electrons. The number of benzene rings is 1. The van der Waals surface area contributed by atoms with E-state index in [0.29, 0.717) is 0 Å². The van der Waals surface area contributed by atoms with E-state index in [9.17, 15) is 9.90 Å². The Bertz CT molecular complexity index is 754. The van der Waals surface area contributed by atoms with Crippen LogP contribution in [0.4, 0.5) is 5.69 Å². The Morgan fingerprint density at radius 2 is 1.96 bits per heavy atom. The van der Waals surface area contributed by atoms with Crippen LogP contribution in [0.15, 0.2) is 47.1 Å². The van der Waals surface area contributed by atoms with Gasteiger partial charge in [0.2, 0.25) is 5.91 Å². The number of hydrogen-bond acceptors (Lipinski definition) is 5. The number of carbonyl (C=O) groups is 1. The number of hydrogen-bond donors (Lipinski definition) is 1. The summed E-state index contributed by atoms with van der Waals surface area (Å²) < 4.78 is 5.45. The fraction of sp³-hybridized carbons (Fsp3) is 0.476. The molecule has 1 unspecified atom stereocenters. The molecule has 6 nitrogen and oxygen atoms in total. The Morgan fingerprint density at radius 3 is 2.70 bits per heavy atom. The molecule has 0 bridgehead atoms. The predicted octanol–water partition coefficient (Wildman–Crippen LogP) is 2.55. The number of carbonyl (C=O) groups excluding carboxylic acids is 1. The lowest BCUT2D eigenvalue weighted by Gasteiger charge is -2.39. The number of phenols is 1. The van der Waals surface area contributed by atoms with Crippen LogP contribution in [0.2, 0.25) is 0 Å². The molecule has 27 heavy (non-hydrogen) atoms. The molecule has 0 aliphatic carbocycles. The van der Waals surface area contributed by atoms with E-state index >= 15 is 0 Å². The highest BCUT2D eigenvalue weighted by molar-refractivity contribution is 5.79. The summed E-state index contributed by atoms with van der Waals surface area (Å²) in [6.07, 6.45) is 3.73. The minimum absolute atomic E-state index is 0.0843. The molecule has 3 heterocycles. The van der Waals surface area contributed by atoms with Gasteiger partial charge in [0.15, 0.2) is 0 Å². The highest BCUT2D eigenvalue weighted by Gasteiger charge is 2.31. The number of furan rings is 1. The summed E-state index contributed by atoms with van der Waals surface area (Å²) in [5.74, 6) is 1.61. The number of anilines is 1. The molecule has 1 amide bonds. The molecule has 2 saturated heterocycles. The van der Waals surface area contributed by atoms with Crippen LogP contribution in [0.3, 0.4) is 0 Å². The van der Waals surface area contributed by atoms with E-state index in [-0.39, 0.29) is 17.6 Å². The number of amides is 1. The summed E-state index contributed by atoms with van der Waals surface area (Å²) in [6.45, 7) is 5.70. The standard InChI is InChI=1S/C21H27N3O3/c25-19-6-1-5-18(14-19)23-9-11-24(12-10-23)21(26)17-4-2-8-22(15-17)16-20-7-3-13-27-20/h1,3,5-7,13-14,17,25H,2,4,8-12,15-16H2. The lowest BCUT2D eigenvalue weighted by molar-refractivity contribution is -0.137. The van der Waals surface area contributed by atoms with Crippen LogP contribution in [-0.2, 0) is 11.3 Å². The van der Waals surface area contributed by atoms with Crippen molar-refractivity contribution in [3.05, 3.63) is 48.4 Å². The zero-order valence-corrected chi connectivity index (χ0v) is 15.6. The molecule has 6 heteroatoms.